The zero-order valence-electron chi connectivity index (χ0n) is 15.6. The lowest BCUT2D eigenvalue weighted by Crippen LogP contribution is -2.43. The Morgan fingerprint density at radius 3 is 2.75 bits per heavy atom. The zero-order valence-corrected chi connectivity index (χ0v) is 15.6. The van der Waals surface area contributed by atoms with Crippen molar-refractivity contribution in [3.63, 3.8) is 0 Å². The standard InChI is InChI=1S/C20H22FN3O4/c1-13(25)24(12-18(26)27)14-4-3-10-23(11-8-14)20(28)16-6-7-17-15(19(16)21)5-2-9-22-17/h2,5-7,9,14H,3-4,8,10-12H2,1H3,(H,26,27). The molecule has 1 atom stereocenters. The summed E-state index contributed by atoms with van der Waals surface area (Å²) >= 11 is 0. The highest BCUT2D eigenvalue weighted by Crippen LogP contribution is 2.23. The van der Waals surface area contributed by atoms with E-state index in [0.717, 1.165) is 0 Å². The van der Waals surface area contributed by atoms with Crippen molar-refractivity contribution in [1.82, 2.24) is 14.8 Å². The summed E-state index contributed by atoms with van der Waals surface area (Å²) < 4.78 is 14.8. The second-order valence-electron chi connectivity index (χ2n) is 6.91. The van der Waals surface area contributed by atoms with Crippen LogP contribution in [0.25, 0.3) is 10.9 Å². The Hall–Kier alpha value is -3.03. The second kappa shape index (κ2) is 8.33. The number of carbonyl (C=O) groups is 3. The summed E-state index contributed by atoms with van der Waals surface area (Å²) in [6.45, 7) is 1.74. The second-order valence-corrected chi connectivity index (χ2v) is 6.91. The number of pyridine rings is 1. The molecule has 0 aliphatic carbocycles. The van der Waals surface area contributed by atoms with Crippen LogP contribution < -0.4 is 0 Å². The molecule has 2 aromatic rings. The Labute approximate surface area is 161 Å². The summed E-state index contributed by atoms with van der Waals surface area (Å²) in [6.07, 6.45) is 3.22. The van der Waals surface area contributed by atoms with Gasteiger partial charge in [0.1, 0.15) is 12.4 Å². The largest absolute Gasteiger partial charge is 0.480 e. The zero-order chi connectivity index (χ0) is 20.3. The third-order valence-electron chi connectivity index (χ3n) is 5.09. The molecule has 1 unspecified atom stereocenters. The van der Waals surface area contributed by atoms with Gasteiger partial charge in [-0.15, -0.1) is 0 Å². The van der Waals surface area contributed by atoms with Crippen LogP contribution in [0.1, 0.15) is 36.5 Å². The van der Waals surface area contributed by atoms with E-state index in [1.54, 1.807) is 29.3 Å². The molecule has 1 aliphatic heterocycles. The fourth-order valence-electron chi connectivity index (χ4n) is 3.69. The van der Waals surface area contributed by atoms with Crippen LogP contribution in [0.4, 0.5) is 4.39 Å². The van der Waals surface area contributed by atoms with E-state index < -0.39 is 17.7 Å². The van der Waals surface area contributed by atoms with Crippen LogP contribution in [0, 0.1) is 5.82 Å². The van der Waals surface area contributed by atoms with Crippen molar-refractivity contribution in [3.8, 4) is 0 Å². The molecule has 1 aromatic heterocycles. The van der Waals surface area contributed by atoms with Crippen molar-refractivity contribution in [3.05, 3.63) is 41.8 Å². The van der Waals surface area contributed by atoms with Crippen molar-refractivity contribution in [2.24, 2.45) is 0 Å². The predicted octanol–water partition coefficient (Wildman–Crippen LogP) is 2.30. The monoisotopic (exact) mass is 387 g/mol. The van der Waals surface area contributed by atoms with Crippen molar-refractivity contribution in [2.75, 3.05) is 19.6 Å². The number of likely N-dealkylation sites (tertiary alicyclic amines) is 1. The quantitative estimate of drug-likeness (QED) is 0.869. The van der Waals surface area contributed by atoms with Crippen LogP contribution in [0.5, 0.6) is 0 Å². The Kier molecular flexibility index (Phi) is 5.87. The van der Waals surface area contributed by atoms with Crippen LogP contribution in [-0.2, 0) is 9.59 Å². The minimum atomic E-state index is -1.07. The molecule has 28 heavy (non-hydrogen) atoms. The minimum absolute atomic E-state index is 0.00656. The highest BCUT2D eigenvalue weighted by Gasteiger charge is 2.29. The number of halogens is 1. The average molecular weight is 387 g/mol. The van der Waals surface area contributed by atoms with E-state index in [-0.39, 0.29) is 24.1 Å². The maximum atomic E-state index is 14.8. The lowest BCUT2D eigenvalue weighted by molar-refractivity contribution is -0.145. The first kappa shape index (κ1) is 19.7. The molecule has 0 saturated carbocycles. The number of nitrogens with zero attached hydrogens (tertiary/aromatic N) is 3. The van der Waals surface area contributed by atoms with E-state index in [1.807, 2.05) is 0 Å². The predicted molar refractivity (Wildman–Crippen MR) is 100 cm³/mol. The van der Waals surface area contributed by atoms with Gasteiger partial charge in [0, 0.05) is 37.6 Å². The van der Waals surface area contributed by atoms with Gasteiger partial charge >= 0.3 is 5.97 Å². The molecular weight excluding hydrogens is 365 g/mol. The molecule has 2 amide bonds. The molecule has 0 radical (unpaired) electrons. The number of aliphatic carboxylic acids is 1. The molecule has 0 bridgehead atoms. The van der Waals surface area contributed by atoms with Crippen LogP contribution in [0.3, 0.4) is 0 Å². The van der Waals surface area contributed by atoms with Gasteiger partial charge in [0.2, 0.25) is 5.91 Å². The number of fused-ring (bicyclic) bond motifs is 1. The van der Waals surface area contributed by atoms with Gasteiger partial charge in [-0.05, 0) is 43.5 Å². The number of hydrogen-bond acceptors (Lipinski definition) is 4. The molecular formula is C20H22FN3O4. The molecule has 1 N–H and O–H groups in total. The maximum absolute atomic E-state index is 14.8. The molecule has 1 aromatic carbocycles. The normalized spacial score (nSPS) is 17.2. The van der Waals surface area contributed by atoms with Crippen LogP contribution in [-0.4, -0.2) is 63.4 Å². The molecule has 7 nitrogen and oxygen atoms in total. The number of carbonyl (C=O) groups excluding carboxylic acids is 2. The van der Waals surface area contributed by atoms with Gasteiger partial charge in [0.05, 0.1) is 11.1 Å². The molecule has 148 valence electrons. The first-order chi connectivity index (χ1) is 13.4. The molecule has 0 spiro atoms. The lowest BCUT2D eigenvalue weighted by Gasteiger charge is -2.29. The summed E-state index contributed by atoms with van der Waals surface area (Å²) in [5.41, 5.74) is 0.478. The van der Waals surface area contributed by atoms with E-state index in [1.165, 1.54) is 17.9 Å². The highest BCUT2D eigenvalue weighted by molar-refractivity contribution is 5.98. The van der Waals surface area contributed by atoms with E-state index in [0.29, 0.717) is 43.3 Å². The van der Waals surface area contributed by atoms with E-state index in [2.05, 4.69) is 4.98 Å². The fraction of sp³-hybridized carbons (Fsp3) is 0.400. The van der Waals surface area contributed by atoms with Gasteiger partial charge in [-0.3, -0.25) is 19.4 Å². The Bertz CT molecular complexity index is 917. The summed E-state index contributed by atoms with van der Waals surface area (Å²) in [6, 6.07) is 6.02. The van der Waals surface area contributed by atoms with E-state index >= 15 is 0 Å². The van der Waals surface area contributed by atoms with Gasteiger partial charge in [0.25, 0.3) is 5.91 Å². The summed E-state index contributed by atoms with van der Waals surface area (Å²) in [5, 5.41) is 9.33. The van der Waals surface area contributed by atoms with Gasteiger partial charge in [0.15, 0.2) is 0 Å². The SMILES string of the molecule is CC(=O)N(CC(=O)O)C1CCCN(C(=O)c2ccc3ncccc3c2F)CC1. The Balaban J connectivity index is 1.77. The third kappa shape index (κ3) is 4.11. The number of amides is 2. The van der Waals surface area contributed by atoms with Crippen molar-refractivity contribution in [2.45, 2.75) is 32.2 Å². The lowest BCUT2D eigenvalue weighted by atomic mass is 10.1. The number of carboxylic acid groups (broad SMARTS) is 1. The van der Waals surface area contributed by atoms with Gasteiger partial charge in [-0.1, -0.05) is 0 Å². The average Bonchev–Trinajstić information content (AvgIpc) is 2.92. The van der Waals surface area contributed by atoms with Crippen molar-refractivity contribution >= 4 is 28.7 Å². The molecule has 3 rings (SSSR count). The number of hydrogen-bond donors (Lipinski definition) is 1. The first-order valence-electron chi connectivity index (χ1n) is 9.20. The maximum Gasteiger partial charge on any atom is 0.323 e. The van der Waals surface area contributed by atoms with E-state index in [4.69, 9.17) is 5.11 Å². The van der Waals surface area contributed by atoms with Gasteiger partial charge in [-0.2, -0.15) is 0 Å². The van der Waals surface area contributed by atoms with Crippen LogP contribution >= 0.6 is 0 Å². The molecule has 1 saturated heterocycles. The number of carboxylic acids is 1. The van der Waals surface area contributed by atoms with Crippen molar-refractivity contribution in [1.29, 1.82) is 0 Å². The molecule has 1 fully saturated rings. The summed E-state index contributed by atoms with van der Waals surface area (Å²) in [4.78, 5) is 42.7. The van der Waals surface area contributed by atoms with Crippen LogP contribution in [0.2, 0.25) is 0 Å². The van der Waals surface area contributed by atoms with Crippen molar-refractivity contribution < 1.29 is 23.9 Å². The Morgan fingerprint density at radius 2 is 2.04 bits per heavy atom. The minimum Gasteiger partial charge on any atom is -0.480 e. The summed E-state index contributed by atoms with van der Waals surface area (Å²) in [7, 11) is 0. The topological polar surface area (TPSA) is 90.8 Å². The fourth-order valence-corrected chi connectivity index (χ4v) is 3.69. The van der Waals surface area contributed by atoms with Crippen LogP contribution in [0.15, 0.2) is 30.5 Å². The van der Waals surface area contributed by atoms with Gasteiger partial charge < -0.3 is 14.9 Å². The molecule has 8 heteroatoms. The highest BCUT2D eigenvalue weighted by atomic mass is 19.1. The third-order valence-corrected chi connectivity index (χ3v) is 5.09. The molecule has 1 aliphatic rings. The summed E-state index contributed by atoms with van der Waals surface area (Å²) in [5.74, 6) is -2.37. The van der Waals surface area contributed by atoms with E-state index in [9.17, 15) is 18.8 Å². The van der Waals surface area contributed by atoms with Gasteiger partial charge in [-0.25, -0.2) is 4.39 Å². The Morgan fingerprint density at radius 1 is 1.25 bits per heavy atom. The number of benzene rings is 1. The number of rotatable bonds is 4. The first-order valence-corrected chi connectivity index (χ1v) is 9.20. The number of aromatic nitrogens is 1. The smallest absolute Gasteiger partial charge is 0.323 e. The molecule has 2 heterocycles.